The number of likely N-dealkylation sites (N-methyl/N-ethyl adjacent to an activating group) is 1. The molecule has 2 rings (SSSR count). The maximum absolute atomic E-state index is 4.25. The maximum Gasteiger partial charge on any atom is 0.00669 e. The van der Waals surface area contributed by atoms with Crippen LogP contribution in [-0.2, 0) is 19.3 Å². The molecule has 1 aliphatic carbocycles. The minimum atomic E-state index is 0.945. The minimum absolute atomic E-state index is 0.945. The summed E-state index contributed by atoms with van der Waals surface area (Å²) < 4.78 is 0. The van der Waals surface area contributed by atoms with Crippen molar-refractivity contribution in [3.63, 3.8) is 0 Å². The Kier molecular flexibility index (Phi) is 4.30. The van der Waals surface area contributed by atoms with Crippen molar-refractivity contribution in [2.75, 3.05) is 25.9 Å². The zero-order valence-corrected chi connectivity index (χ0v) is 11.0. The Morgan fingerprint density at radius 2 is 2.00 bits per heavy atom. The molecule has 0 aliphatic heterocycles. The van der Waals surface area contributed by atoms with Gasteiger partial charge in [0.2, 0.25) is 0 Å². The summed E-state index contributed by atoms with van der Waals surface area (Å²) in [5, 5.41) is 0. The molecule has 0 amide bonds. The van der Waals surface area contributed by atoms with Crippen LogP contribution in [-0.4, -0.2) is 30.8 Å². The van der Waals surface area contributed by atoms with Gasteiger partial charge in [-0.15, -0.1) is 0 Å². The molecular formula is C14H21NS. The summed E-state index contributed by atoms with van der Waals surface area (Å²) in [5.74, 6) is 0.945. The summed E-state index contributed by atoms with van der Waals surface area (Å²) in [6, 6.07) is 7.05. The fraction of sp³-hybridized carbons (Fsp3) is 0.571. The Morgan fingerprint density at radius 1 is 1.19 bits per heavy atom. The van der Waals surface area contributed by atoms with Crippen molar-refractivity contribution >= 4 is 12.6 Å². The van der Waals surface area contributed by atoms with Gasteiger partial charge in [-0.1, -0.05) is 18.2 Å². The van der Waals surface area contributed by atoms with Gasteiger partial charge in [0.15, 0.2) is 0 Å². The molecule has 0 radical (unpaired) electrons. The van der Waals surface area contributed by atoms with E-state index < -0.39 is 0 Å². The second-order valence-electron chi connectivity index (χ2n) is 4.73. The van der Waals surface area contributed by atoms with E-state index in [0.717, 1.165) is 25.3 Å². The van der Waals surface area contributed by atoms with Crippen molar-refractivity contribution in [2.24, 2.45) is 0 Å². The number of benzene rings is 1. The van der Waals surface area contributed by atoms with E-state index in [9.17, 15) is 0 Å². The number of thiol groups is 1. The van der Waals surface area contributed by atoms with Crippen molar-refractivity contribution in [1.29, 1.82) is 0 Å². The second kappa shape index (κ2) is 5.74. The highest BCUT2D eigenvalue weighted by molar-refractivity contribution is 7.80. The molecule has 1 nitrogen and oxygen atoms in total. The summed E-state index contributed by atoms with van der Waals surface area (Å²) in [6.07, 6.45) is 5.08. The highest BCUT2D eigenvalue weighted by Crippen LogP contribution is 2.22. The SMILES string of the molecule is CN(CCS)CCc1ccc2c(c1)CCC2. The number of rotatable bonds is 5. The van der Waals surface area contributed by atoms with Gasteiger partial charge in [0.25, 0.3) is 0 Å². The summed E-state index contributed by atoms with van der Waals surface area (Å²) in [4.78, 5) is 2.35. The van der Waals surface area contributed by atoms with E-state index in [-0.39, 0.29) is 0 Å². The van der Waals surface area contributed by atoms with Gasteiger partial charge in [-0.05, 0) is 49.4 Å². The van der Waals surface area contributed by atoms with E-state index in [0.29, 0.717) is 0 Å². The first-order valence-electron chi connectivity index (χ1n) is 6.19. The monoisotopic (exact) mass is 235 g/mol. The van der Waals surface area contributed by atoms with Gasteiger partial charge in [0, 0.05) is 18.8 Å². The molecule has 0 heterocycles. The van der Waals surface area contributed by atoms with Crippen molar-refractivity contribution in [1.82, 2.24) is 4.90 Å². The minimum Gasteiger partial charge on any atom is -0.305 e. The first-order valence-corrected chi connectivity index (χ1v) is 6.83. The summed E-state index contributed by atoms with van der Waals surface area (Å²) in [7, 11) is 2.17. The van der Waals surface area contributed by atoms with Gasteiger partial charge in [-0.3, -0.25) is 0 Å². The molecule has 0 spiro atoms. The predicted octanol–water partition coefficient (Wildman–Crippen LogP) is 2.58. The standard InChI is InChI=1S/C14H21NS/c1-15(9-10-16)8-7-12-5-6-13-3-2-4-14(13)11-12/h5-6,11,16H,2-4,7-10H2,1H3. The fourth-order valence-electron chi connectivity index (χ4n) is 2.38. The third-order valence-corrected chi connectivity index (χ3v) is 3.63. The van der Waals surface area contributed by atoms with Gasteiger partial charge in [0.1, 0.15) is 0 Å². The van der Waals surface area contributed by atoms with E-state index >= 15 is 0 Å². The van der Waals surface area contributed by atoms with Crippen LogP contribution in [0.25, 0.3) is 0 Å². The van der Waals surface area contributed by atoms with E-state index in [4.69, 9.17) is 0 Å². The zero-order valence-electron chi connectivity index (χ0n) is 10.1. The van der Waals surface area contributed by atoms with Crippen LogP contribution in [0.15, 0.2) is 18.2 Å². The van der Waals surface area contributed by atoms with Gasteiger partial charge < -0.3 is 4.90 Å². The Hall–Kier alpha value is -0.470. The van der Waals surface area contributed by atoms with Crippen LogP contribution in [0.1, 0.15) is 23.1 Å². The van der Waals surface area contributed by atoms with Crippen LogP contribution in [0, 0.1) is 0 Å². The molecular weight excluding hydrogens is 214 g/mol. The molecule has 0 fully saturated rings. The molecule has 0 bridgehead atoms. The van der Waals surface area contributed by atoms with Gasteiger partial charge in [-0.25, -0.2) is 0 Å². The summed E-state index contributed by atoms with van der Waals surface area (Å²) >= 11 is 4.25. The molecule has 16 heavy (non-hydrogen) atoms. The molecule has 0 saturated carbocycles. The molecule has 0 aromatic heterocycles. The van der Waals surface area contributed by atoms with Gasteiger partial charge in [-0.2, -0.15) is 12.6 Å². The van der Waals surface area contributed by atoms with Crippen LogP contribution in [0.4, 0.5) is 0 Å². The highest BCUT2D eigenvalue weighted by Gasteiger charge is 2.10. The lowest BCUT2D eigenvalue weighted by Gasteiger charge is -2.15. The first kappa shape index (κ1) is 12.0. The Bertz CT molecular complexity index is 349. The number of nitrogens with zero attached hydrogens (tertiary/aromatic N) is 1. The highest BCUT2D eigenvalue weighted by atomic mass is 32.1. The molecule has 0 saturated heterocycles. The second-order valence-corrected chi connectivity index (χ2v) is 5.18. The molecule has 0 N–H and O–H groups in total. The zero-order chi connectivity index (χ0) is 11.4. The molecule has 0 atom stereocenters. The van der Waals surface area contributed by atoms with Crippen LogP contribution in [0.2, 0.25) is 0 Å². The smallest absolute Gasteiger partial charge is 0.00669 e. The van der Waals surface area contributed by atoms with E-state index in [2.05, 4.69) is 42.8 Å². The third kappa shape index (κ3) is 3.02. The van der Waals surface area contributed by atoms with Crippen LogP contribution in [0.5, 0.6) is 0 Å². The predicted molar refractivity (Wildman–Crippen MR) is 73.5 cm³/mol. The Labute approximate surface area is 104 Å². The van der Waals surface area contributed by atoms with Crippen LogP contribution in [0.3, 0.4) is 0 Å². The fourth-order valence-corrected chi connectivity index (χ4v) is 2.72. The molecule has 0 unspecified atom stereocenters. The largest absolute Gasteiger partial charge is 0.305 e. The molecule has 1 aromatic rings. The summed E-state index contributed by atoms with van der Waals surface area (Å²) in [6.45, 7) is 2.22. The van der Waals surface area contributed by atoms with Crippen molar-refractivity contribution in [3.05, 3.63) is 34.9 Å². The topological polar surface area (TPSA) is 3.24 Å². The molecule has 2 heteroatoms. The average Bonchev–Trinajstić information content (AvgIpc) is 2.74. The van der Waals surface area contributed by atoms with E-state index in [1.54, 1.807) is 11.1 Å². The third-order valence-electron chi connectivity index (χ3n) is 3.43. The lowest BCUT2D eigenvalue weighted by Crippen LogP contribution is -2.23. The van der Waals surface area contributed by atoms with E-state index in [1.807, 2.05) is 0 Å². The maximum atomic E-state index is 4.25. The Morgan fingerprint density at radius 3 is 2.81 bits per heavy atom. The number of aryl methyl sites for hydroxylation is 2. The van der Waals surface area contributed by atoms with E-state index in [1.165, 1.54) is 24.8 Å². The summed E-state index contributed by atoms with van der Waals surface area (Å²) in [5.41, 5.74) is 4.66. The average molecular weight is 235 g/mol. The van der Waals surface area contributed by atoms with Gasteiger partial charge in [0.05, 0.1) is 0 Å². The number of hydrogen-bond acceptors (Lipinski definition) is 2. The number of hydrogen-bond donors (Lipinski definition) is 1. The normalized spacial score (nSPS) is 14.4. The van der Waals surface area contributed by atoms with Crippen LogP contribution < -0.4 is 0 Å². The molecule has 88 valence electrons. The lowest BCUT2D eigenvalue weighted by molar-refractivity contribution is 0.361. The van der Waals surface area contributed by atoms with Crippen molar-refractivity contribution in [3.8, 4) is 0 Å². The van der Waals surface area contributed by atoms with Crippen molar-refractivity contribution < 1.29 is 0 Å². The molecule has 1 aromatic carbocycles. The first-order chi connectivity index (χ1) is 7.79. The van der Waals surface area contributed by atoms with Crippen molar-refractivity contribution in [2.45, 2.75) is 25.7 Å². The van der Waals surface area contributed by atoms with Crippen LogP contribution >= 0.6 is 12.6 Å². The lowest BCUT2D eigenvalue weighted by atomic mass is 10.0. The quantitative estimate of drug-likeness (QED) is 0.768. The molecule has 1 aliphatic rings. The Balaban J connectivity index is 1.90. The van der Waals surface area contributed by atoms with Gasteiger partial charge >= 0.3 is 0 Å². The number of fused-ring (bicyclic) bond motifs is 1.